The molecule has 1 aliphatic heterocycles. The monoisotopic (exact) mass is 414 g/mol. The van der Waals surface area contributed by atoms with Gasteiger partial charge < -0.3 is 9.97 Å². The average Bonchev–Trinajstić information content (AvgIpc) is 3.38. The number of carbonyl (C=O) groups excluding carboxylic acids is 3. The van der Waals surface area contributed by atoms with Gasteiger partial charge in [0.1, 0.15) is 6.42 Å². The zero-order valence-corrected chi connectivity index (χ0v) is 16.9. The molecule has 1 fully saturated rings. The first-order chi connectivity index (χ1) is 15.1. The van der Waals surface area contributed by atoms with Crippen LogP contribution in [-0.4, -0.2) is 50.7 Å². The Hall–Kier alpha value is -3.87. The third-order valence-electron chi connectivity index (χ3n) is 5.93. The van der Waals surface area contributed by atoms with E-state index in [0.717, 1.165) is 32.9 Å². The predicted octanol–water partition coefficient (Wildman–Crippen LogP) is 3.62. The van der Waals surface area contributed by atoms with Crippen LogP contribution in [0.5, 0.6) is 0 Å². The number of benzene rings is 2. The van der Waals surface area contributed by atoms with Gasteiger partial charge in [-0.25, -0.2) is 4.79 Å². The number of hydrogen-bond donors (Lipinski definition) is 2. The van der Waals surface area contributed by atoms with Crippen LogP contribution in [0.15, 0.2) is 60.9 Å². The van der Waals surface area contributed by atoms with Gasteiger partial charge in [-0.2, -0.15) is 0 Å². The number of aromatic amines is 2. The third kappa shape index (κ3) is 3.48. The first kappa shape index (κ1) is 19.1. The van der Waals surface area contributed by atoms with E-state index < -0.39 is 17.8 Å². The first-order valence-corrected chi connectivity index (χ1v) is 10.4. The molecular weight excluding hydrogens is 392 g/mol. The van der Waals surface area contributed by atoms with Crippen molar-refractivity contribution in [3.05, 3.63) is 72.1 Å². The Morgan fingerprint density at radius 1 is 0.677 bits per heavy atom. The van der Waals surface area contributed by atoms with Crippen molar-refractivity contribution in [1.82, 2.24) is 19.8 Å². The highest BCUT2D eigenvalue weighted by Gasteiger charge is 2.37. The summed E-state index contributed by atoms with van der Waals surface area (Å²) in [7, 11) is 0. The van der Waals surface area contributed by atoms with Crippen molar-refractivity contribution in [3.63, 3.8) is 0 Å². The number of hydrogen-bond acceptors (Lipinski definition) is 3. The van der Waals surface area contributed by atoms with Crippen molar-refractivity contribution >= 4 is 39.7 Å². The highest BCUT2D eigenvalue weighted by atomic mass is 16.2. The lowest BCUT2D eigenvalue weighted by Gasteiger charge is -2.32. The van der Waals surface area contributed by atoms with Crippen LogP contribution in [0.2, 0.25) is 0 Å². The molecule has 0 radical (unpaired) electrons. The van der Waals surface area contributed by atoms with Gasteiger partial charge in [-0.1, -0.05) is 36.4 Å². The van der Waals surface area contributed by atoms with Gasteiger partial charge >= 0.3 is 6.03 Å². The zero-order chi connectivity index (χ0) is 21.4. The van der Waals surface area contributed by atoms with Gasteiger partial charge in [0, 0.05) is 47.3 Å². The van der Waals surface area contributed by atoms with Crippen LogP contribution in [0.3, 0.4) is 0 Å². The second-order valence-electron chi connectivity index (χ2n) is 7.77. The van der Waals surface area contributed by atoms with Crippen LogP contribution in [0, 0.1) is 0 Å². The normalized spacial score (nSPS) is 14.9. The molecule has 2 aromatic carbocycles. The van der Waals surface area contributed by atoms with E-state index in [-0.39, 0.29) is 19.5 Å². The molecule has 1 aliphatic rings. The van der Waals surface area contributed by atoms with E-state index in [1.807, 2.05) is 60.9 Å². The molecule has 5 rings (SSSR count). The number of barbiturate groups is 1. The van der Waals surface area contributed by atoms with Crippen LogP contribution in [0.1, 0.15) is 17.5 Å². The molecule has 2 N–H and O–H groups in total. The standard InChI is InChI=1S/C24H22N4O3/c29-22-13-23(30)28(12-10-17-15-26-21-8-4-2-6-19(17)21)24(31)27(22)11-9-16-14-25-20-7-3-1-5-18(16)20/h1-8,14-15,25-26H,9-13H2. The maximum absolute atomic E-state index is 13.0. The molecule has 4 amide bonds. The van der Waals surface area contributed by atoms with Gasteiger partial charge in [-0.05, 0) is 36.1 Å². The number of aromatic nitrogens is 2. The Kier molecular flexibility index (Phi) is 4.78. The molecule has 2 aromatic heterocycles. The fraction of sp³-hybridized carbons (Fsp3) is 0.208. The zero-order valence-electron chi connectivity index (χ0n) is 16.9. The maximum Gasteiger partial charge on any atom is 0.333 e. The number of nitrogens with one attached hydrogen (secondary N) is 2. The second-order valence-corrected chi connectivity index (χ2v) is 7.77. The summed E-state index contributed by atoms with van der Waals surface area (Å²) in [6, 6.07) is 15.3. The first-order valence-electron chi connectivity index (χ1n) is 10.4. The van der Waals surface area contributed by atoms with Crippen LogP contribution < -0.4 is 0 Å². The highest BCUT2D eigenvalue weighted by Crippen LogP contribution is 2.22. The van der Waals surface area contributed by atoms with Gasteiger partial charge in [0.15, 0.2) is 0 Å². The van der Waals surface area contributed by atoms with E-state index in [9.17, 15) is 14.4 Å². The fourth-order valence-electron chi connectivity index (χ4n) is 4.26. The van der Waals surface area contributed by atoms with Crippen molar-refractivity contribution in [2.24, 2.45) is 0 Å². The third-order valence-corrected chi connectivity index (χ3v) is 5.93. The minimum absolute atomic E-state index is 0.246. The number of rotatable bonds is 6. The fourth-order valence-corrected chi connectivity index (χ4v) is 4.26. The summed E-state index contributed by atoms with van der Waals surface area (Å²) in [5.74, 6) is -0.864. The van der Waals surface area contributed by atoms with E-state index in [0.29, 0.717) is 12.8 Å². The topological polar surface area (TPSA) is 89.3 Å². The molecule has 0 spiro atoms. The maximum atomic E-state index is 13.0. The van der Waals surface area contributed by atoms with Crippen LogP contribution in [0.4, 0.5) is 4.79 Å². The minimum Gasteiger partial charge on any atom is -0.361 e. The number of nitrogens with zero attached hydrogens (tertiary/aromatic N) is 2. The molecular formula is C24H22N4O3. The molecule has 156 valence electrons. The Morgan fingerprint density at radius 3 is 1.61 bits per heavy atom. The van der Waals surface area contributed by atoms with E-state index in [1.165, 1.54) is 9.80 Å². The average molecular weight is 414 g/mol. The number of imide groups is 2. The summed E-state index contributed by atoms with van der Waals surface area (Å²) in [5.41, 5.74) is 4.12. The van der Waals surface area contributed by atoms with Crippen molar-refractivity contribution in [1.29, 1.82) is 0 Å². The number of H-pyrrole nitrogens is 2. The molecule has 7 nitrogen and oxygen atoms in total. The quantitative estimate of drug-likeness (QED) is 0.472. The SMILES string of the molecule is O=C1CC(=O)N(CCc2c[nH]c3ccccc23)C(=O)N1CCc1c[nH]c2ccccc12. The lowest BCUT2D eigenvalue weighted by molar-refractivity contribution is -0.142. The number of amides is 4. The van der Waals surface area contributed by atoms with E-state index >= 15 is 0 Å². The lowest BCUT2D eigenvalue weighted by atomic mass is 10.1. The molecule has 0 atom stereocenters. The molecule has 0 aliphatic carbocycles. The summed E-state index contributed by atoms with van der Waals surface area (Å²) in [5, 5.41) is 2.15. The Bertz CT molecular complexity index is 1200. The Balaban J connectivity index is 1.29. The van der Waals surface area contributed by atoms with Crippen molar-refractivity contribution in [3.8, 4) is 0 Å². The summed E-state index contributed by atoms with van der Waals surface area (Å²) in [4.78, 5) is 46.7. The van der Waals surface area contributed by atoms with Gasteiger partial charge in [0.25, 0.3) is 0 Å². The molecule has 1 saturated heterocycles. The molecule has 3 heterocycles. The Labute approximate surface area is 178 Å². The lowest BCUT2D eigenvalue weighted by Crippen LogP contribution is -2.55. The van der Waals surface area contributed by atoms with Crippen molar-refractivity contribution < 1.29 is 14.4 Å². The Morgan fingerprint density at radius 2 is 1.13 bits per heavy atom. The van der Waals surface area contributed by atoms with Crippen molar-refractivity contribution in [2.75, 3.05) is 13.1 Å². The van der Waals surface area contributed by atoms with Crippen molar-refractivity contribution in [2.45, 2.75) is 19.3 Å². The molecule has 0 bridgehead atoms. The highest BCUT2D eigenvalue weighted by molar-refractivity contribution is 6.14. The summed E-state index contributed by atoms with van der Waals surface area (Å²) in [6.45, 7) is 0.493. The molecule has 4 aromatic rings. The minimum atomic E-state index is -0.527. The molecule has 31 heavy (non-hydrogen) atoms. The summed E-state index contributed by atoms with van der Waals surface area (Å²) < 4.78 is 0. The number of para-hydroxylation sites is 2. The summed E-state index contributed by atoms with van der Waals surface area (Å²) in [6.07, 6.45) is 4.61. The number of carbonyl (C=O) groups is 3. The molecule has 7 heteroatoms. The van der Waals surface area contributed by atoms with Gasteiger partial charge in [-0.3, -0.25) is 19.4 Å². The predicted molar refractivity (Wildman–Crippen MR) is 117 cm³/mol. The van der Waals surface area contributed by atoms with E-state index in [2.05, 4.69) is 9.97 Å². The largest absolute Gasteiger partial charge is 0.361 e. The summed E-state index contributed by atoms with van der Waals surface area (Å²) >= 11 is 0. The van der Waals surface area contributed by atoms with Gasteiger partial charge in [-0.15, -0.1) is 0 Å². The smallest absolute Gasteiger partial charge is 0.333 e. The molecule has 0 unspecified atom stereocenters. The van der Waals surface area contributed by atoms with Crippen LogP contribution >= 0.6 is 0 Å². The van der Waals surface area contributed by atoms with E-state index in [4.69, 9.17) is 0 Å². The number of urea groups is 1. The van der Waals surface area contributed by atoms with Crippen LogP contribution in [-0.2, 0) is 22.4 Å². The second kappa shape index (κ2) is 7.75. The van der Waals surface area contributed by atoms with Crippen LogP contribution in [0.25, 0.3) is 21.8 Å². The molecule has 0 saturated carbocycles. The van der Waals surface area contributed by atoms with Gasteiger partial charge in [0.2, 0.25) is 11.8 Å². The van der Waals surface area contributed by atoms with E-state index in [1.54, 1.807) is 0 Å². The van der Waals surface area contributed by atoms with Gasteiger partial charge in [0.05, 0.1) is 0 Å². The number of fused-ring (bicyclic) bond motifs is 2.